The van der Waals surface area contributed by atoms with Crippen LogP contribution in [0.2, 0.25) is 0 Å². The van der Waals surface area contributed by atoms with Gasteiger partial charge in [0.05, 0.1) is 11.1 Å². The van der Waals surface area contributed by atoms with Gasteiger partial charge in [0.2, 0.25) is 0 Å². The van der Waals surface area contributed by atoms with E-state index < -0.39 is 11.9 Å². The van der Waals surface area contributed by atoms with Crippen molar-refractivity contribution >= 4 is 11.9 Å². The fourth-order valence-corrected chi connectivity index (χ4v) is 1.80. The fraction of sp³-hybridized carbons (Fsp3) is 0.357. The van der Waals surface area contributed by atoms with Crippen LogP contribution in [0.15, 0.2) is 18.2 Å². The number of hydrogen-bond acceptors (Lipinski definition) is 2. The number of hydrogen-bond donors (Lipinski definition) is 2. The van der Waals surface area contributed by atoms with E-state index in [-0.39, 0.29) is 11.1 Å². The lowest BCUT2D eigenvalue weighted by atomic mass is 9.98. The number of carboxylic acids is 2. The van der Waals surface area contributed by atoms with E-state index >= 15 is 0 Å². The van der Waals surface area contributed by atoms with Gasteiger partial charge in [0.15, 0.2) is 0 Å². The van der Waals surface area contributed by atoms with Gasteiger partial charge >= 0.3 is 11.9 Å². The van der Waals surface area contributed by atoms with Crippen LogP contribution in [0.25, 0.3) is 0 Å². The first-order valence-corrected chi connectivity index (χ1v) is 5.95. The van der Waals surface area contributed by atoms with E-state index in [0.29, 0.717) is 12.0 Å². The van der Waals surface area contributed by atoms with Crippen LogP contribution >= 0.6 is 0 Å². The molecule has 97 valence electrons. The molecule has 0 aliphatic heterocycles. The van der Waals surface area contributed by atoms with Gasteiger partial charge in [-0.05, 0) is 30.5 Å². The third-order valence-corrected chi connectivity index (χ3v) is 2.78. The highest BCUT2D eigenvalue weighted by molar-refractivity contribution is 5.94. The first kappa shape index (κ1) is 14.2. The molecule has 0 saturated heterocycles. The summed E-state index contributed by atoms with van der Waals surface area (Å²) in [6.07, 6.45) is 4.45. The van der Waals surface area contributed by atoms with Crippen LogP contribution in [-0.2, 0) is 6.42 Å². The Morgan fingerprint density at radius 3 is 2.33 bits per heavy atom. The Morgan fingerprint density at radius 2 is 1.78 bits per heavy atom. The molecule has 0 saturated carbocycles. The zero-order valence-electron chi connectivity index (χ0n) is 10.2. The minimum absolute atomic E-state index is 0.00825. The Bertz CT molecular complexity index is 437. The number of aromatic carboxylic acids is 2. The van der Waals surface area contributed by atoms with Crippen LogP contribution in [0.4, 0.5) is 0 Å². The van der Waals surface area contributed by atoms with Crippen molar-refractivity contribution in [3.05, 3.63) is 41.8 Å². The summed E-state index contributed by atoms with van der Waals surface area (Å²) < 4.78 is 0. The summed E-state index contributed by atoms with van der Waals surface area (Å²) in [4.78, 5) is 21.9. The summed E-state index contributed by atoms with van der Waals surface area (Å²) >= 11 is 0. The highest BCUT2D eigenvalue weighted by Crippen LogP contribution is 2.16. The van der Waals surface area contributed by atoms with Gasteiger partial charge in [-0.3, -0.25) is 0 Å². The average Bonchev–Trinajstić information content (AvgIpc) is 2.34. The predicted octanol–water partition coefficient (Wildman–Crippen LogP) is 3.02. The molecule has 0 atom stereocenters. The standard InChI is InChI=1S/C14H17O4/c1-2-3-4-5-6-10-7-8-11(13(15)16)9-12(10)14(17)18/h7-9H,1-6H2,(H,15,16)(H,17,18). The molecule has 0 bridgehead atoms. The second-order valence-corrected chi connectivity index (χ2v) is 4.15. The molecule has 0 aliphatic carbocycles. The Balaban J connectivity index is 2.83. The van der Waals surface area contributed by atoms with E-state index in [1.807, 2.05) is 0 Å². The molecule has 0 fully saturated rings. The molecule has 2 N–H and O–H groups in total. The van der Waals surface area contributed by atoms with Crippen LogP contribution in [0.3, 0.4) is 0 Å². The van der Waals surface area contributed by atoms with Crippen molar-refractivity contribution in [1.82, 2.24) is 0 Å². The Kier molecular flexibility index (Phi) is 5.36. The van der Waals surface area contributed by atoms with E-state index in [9.17, 15) is 9.59 Å². The van der Waals surface area contributed by atoms with Crippen molar-refractivity contribution < 1.29 is 19.8 Å². The molecule has 0 aliphatic rings. The molecular formula is C14H17O4. The van der Waals surface area contributed by atoms with E-state index in [1.165, 1.54) is 12.1 Å². The van der Waals surface area contributed by atoms with Gasteiger partial charge in [-0.2, -0.15) is 0 Å². The summed E-state index contributed by atoms with van der Waals surface area (Å²) in [5, 5.41) is 17.9. The molecule has 4 nitrogen and oxygen atoms in total. The normalized spacial score (nSPS) is 10.3. The molecular weight excluding hydrogens is 232 g/mol. The summed E-state index contributed by atoms with van der Waals surface area (Å²) in [6, 6.07) is 4.27. The monoisotopic (exact) mass is 249 g/mol. The van der Waals surface area contributed by atoms with E-state index in [4.69, 9.17) is 10.2 Å². The Morgan fingerprint density at radius 1 is 1.06 bits per heavy atom. The van der Waals surface area contributed by atoms with Crippen LogP contribution in [0.5, 0.6) is 0 Å². The molecule has 4 heteroatoms. The lowest BCUT2D eigenvalue weighted by Crippen LogP contribution is -2.06. The second kappa shape index (κ2) is 6.79. The fourth-order valence-electron chi connectivity index (χ4n) is 1.80. The van der Waals surface area contributed by atoms with Gasteiger partial charge < -0.3 is 10.2 Å². The number of unbranched alkanes of at least 4 members (excludes halogenated alkanes) is 3. The third kappa shape index (κ3) is 3.87. The van der Waals surface area contributed by atoms with Gasteiger partial charge in [0.1, 0.15) is 0 Å². The van der Waals surface area contributed by atoms with Crippen LogP contribution in [0.1, 0.15) is 52.0 Å². The van der Waals surface area contributed by atoms with Gasteiger partial charge in [0.25, 0.3) is 0 Å². The number of rotatable bonds is 7. The van der Waals surface area contributed by atoms with Crippen molar-refractivity contribution in [3.63, 3.8) is 0 Å². The quantitative estimate of drug-likeness (QED) is 0.728. The van der Waals surface area contributed by atoms with Crippen LogP contribution in [-0.4, -0.2) is 22.2 Å². The zero-order valence-corrected chi connectivity index (χ0v) is 10.2. The smallest absolute Gasteiger partial charge is 0.335 e. The van der Waals surface area contributed by atoms with Crippen molar-refractivity contribution in [2.24, 2.45) is 0 Å². The first-order valence-electron chi connectivity index (χ1n) is 5.95. The Hall–Kier alpha value is -1.84. The number of benzene rings is 1. The van der Waals surface area contributed by atoms with Crippen molar-refractivity contribution in [2.45, 2.75) is 32.1 Å². The van der Waals surface area contributed by atoms with Crippen LogP contribution < -0.4 is 0 Å². The summed E-state index contributed by atoms with van der Waals surface area (Å²) in [7, 11) is 0. The first-order chi connectivity index (χ1) is 8.56. The largest absolute Gasteiger partial charge is 0.478 e. The van der Waals surface area contributed by atoms with Gasteiger partial charge in [-0.25, -0.2) is 9.59 Å². The van der Waals surface area contributed by atoms with Gasteiger partial charge in [0, 0.05) is 0 Å². The summed E-state index contributed by atoms with van der Waals surface area (Å²) in [6.45, 7) is 3.75. The molecule has 0 unspecified atom stereocenters. The zero-order chi connectivity index (χ0) is 13.5. The van der Waals surface area contributed by atoms with E-state index in [2.05, 4.69) is 6.92 Å². The molecule has 0 spiro atoms. The lowest BCUT2D eigenvalue weighted by molar-refractivity contribution is 0.0695. The maximum absolute atomic E-state index is 11.1. The number of carbonyl (C=O) groups is 2. The number of aryl methyl sites for hydroxylation is 1. The third-order valence-electron chi connectivity index (χ3n) is 2.78. The minimum Gasteiger partial charge on any atom is -0.478 e. The summed E-state index contributed by atoms with van der Waals surface area (Å²) in [5.74, 6) is -2.19. The van der Waals surface area contributed by atoms with E-state index in [1.54, 1.807) is 6.07 Å². The van der Waals surface area contributed by atoms with E-state index in [0.717, 1.165) is 25.7 Å². The van der Waals surface area contributed by atoms with Crippen molar-refractivity contribution in [2.75, 3.05) is 0 Å². The van der Waals surface area contributed by atoms with Gasteiger partial charge in [-0.1, -0.05) is 32.3 Å². The molecule has 0 heterocycles. The number of carboxylic acid groups (broad SMARTS) is 2. The molecule has 1 aromatic carbocycles. The average molecular weight is 249 g/mol. The molecule has 1 rings (SSSR count). The highest BCUT2D eigenvalue weighted by Gasteiger charge is 2.13. The van der Waals surface area contributed by atoms with Crippen LogP contribution in [0, 0.1) is 6.92 Å². The second-order valence-electron chi connectivity index (χ2n) is 4.15. The molecule has 0 aromatic heterocycles. The summed E-state index contributed by atoms with van der Waals surface area (Å²) in [5.41, 5.74) is 0.787. The maximum atomic E-state index is 11.1. The SMILES string of the molecule is [CH2]CCCCCc1ccc(C(=O)O)cc1C(=O)O. The molecule has 1 aromatic rings. The maximum Gasteiger partial charge on any atom is 0.335 e. The molecule has 0 amide bonds. The molecule has 1 radical (unpaired) electrons. The molecule has 18 heavy (non-hydrogen) atoms. The Labute approximate surface area is 106 Å². The van der Waals surface area contributed by atoms with Crippen molar-refractivity contribution in [1.29, 1.82) is 0 Å². The topological polar surface area (TPSA) is 74.6 Å². The van der Waals surface area contributed by atoms with Gasteiger partial charge in [-0.15, -0.1) is 0 Å². The predicted molar refractivity (Wildman–Crippen MR) is 67.9 cm³/mol. The minimum atomic E-state index is -1.11. The highest BCUT2D eigenvalue weighted by atomic mass is 16.4. The lowest BCUT2D eigenvalue weighted by Gasteiger charge is -2.07. The van der Waals surface area contributed by atoms with Crippen molar-refractivity contribution in [3.8, 4) is 0 Å².